The number of likely N-dealkylation sites (tertiary alicyclic amines) is 1. The highest BCUT2D eigenvalue weighted by Crippen LogP contribution is 2.29. The molecule has 0 bridgehead atoms. The highest BCUT2D eigenvalue weighted by Gasteiger charge is 2.46. The SMILES string of the molecule is CN1CCCCC2(CN(C(=O)CCc3cccc(F)c3)CCO2)C1=O. The van der Waals surface area contributed by atoms with Crippen LogP contribution >= 0.6 is 0 Å². The van der Waals surface area contributed by atoms with Crippen molar-refractivity contribution in [3.05, 3.63) is 35.6 Å². The zero-order valence-corrected chi connectivity index (χ0v) is 14.7. The van der Waals surface area contributed by atoms with Gasteiger partial charge in [0.25, 0.3) is 5.91 Å². The van der Waals surface area contributed by atoms with Gasteiger partial charge in [-0.1, -0.05) is 12.1 Å². The predicted octanol–water partition coefficient (Wildman–Crippen LogP) is 2.00. The van der Waals surface area contributed by atoms with E-state index in [1.54, 1.807) is 22.9 Å². The van der Waals surface area contributed by atoms with E-state index in [-0.39, 0.29) is 17.6 Å². The Labute approximate surface area is 147 Å². The van der Waals surface area contributed by atoms with Crippen LogP contribution in [0, 0.1) is 5.82 Å². The Morgan fingerprint density at radius 1 is 1.32 bits per heavy atom. The highest BCUT2D eigenvalue weighted by molar-refractivity contribution is 5.87. The lowest BCUT2D eigenvalue weighted by Crippen LogP contribution is -2.60. The summed E-state index contributed by atoms with van der Waals surface area (Å²) in [5, 5.41) is 0. The molecule has 5 nitrogen and oxygen atoms in total. The van der Waals surface area contributed by atoms with Crippen LogP contribution in [-0.2, 0) is 20.7 Å². The summed E-state index contributed by atoms with van der Waals surface area (Å²) in [5.41, 5.74) is -0.0838. The van der Waals surface area contributed by atoms with E-state index in [2.05, 4.69) is 0 Å². The molecule has 1 aromatic carbocycles. The fourth-order valence-electron chi connectivity index (χ4n) is 3.70. The Kier molecular flexibility index (Phi) is 5.37. The molecular formula is C19H25FN2O3. The van der Waals surface area contributed by atoms with Crippen molar-refractivity contribution in [2.24, 2.45) is 0 Å². The quantitative estimate of drug-likeness (QED) is 0.839. The summed E-state index contributed by atoms with van der Waals surface area (Å²) in [7, 11) is 1.80. The minimum atomic E-state index is -0.891. The van der Waals surface area contributed by atoms with Crippen LogP contribution < -0.4 is 0 Å². The third-order valence-corrected chi connectivity index (χ3v) is 5.12. The number of benzene rings is 1. The maximum Gasteiger partial charge on any atom is 0.256 e. The summed E-state index contributed by atoms with van der Waals surface area (Å²) in [6, 6.07) is 6.32. The van der Waals surface area contributed by atoms with Crippen LogP contribution in [-0.4, -0.2) is 60.5 Å². The Balaban J connectivity index is 1.64. The van der Waals surface area contributed by atoms with Gasteiger partial charge in [-0.25, -0.2) is 4.39 Å². The lowest BCUT2D eigenvalue weighted by molar-refractivity contribution is -0.173. The number of hydrogen-bond acceptors (Lipinski definition) is 3. The third kappa shape index (κ3) is 4.00. The first-order chi connectivity index (χ1) is 12.0. The molecule has 0 aliphatic carbocycles. The van der Waals surface area contributed by atoms with Gasteiger partial charge < -0.3 is 14.5 Å². The van der Waals surface area contributed by atoms with E-state index < -0.39 is 5.60 Å². The van der Waals surface area contributed by atoms with Crippen molar-refractivity contribution in [3.63, 3.8) is 0 Å². The van der Waals surface area contributed by atoms with Crippen molar-refractivity contribution >= 4 is 11.8 Å². The maximum atomic E-state index is 13.2. The summed E-state index contributed by atoms with van der Waals surface area (Å²) < 4.78 is 19.1. The number of ether oxygens (including phenoxy) is 1. The van der Waals surface area contributed by atoms with Crippen LogP contribution in [0.4, 0.5) is 4.39 Å². The van der Waals surface area contributed by atoms with E-state index in [9.17, 15) is 14.0 Å². The van der Waals surface area contributed by atoms with E-state index in [0.29, 0.717) is 39.0 Å². The monoisotopic (exact) mass is 348 g/mol. The van der Waals surface area contributed by atoms with E-state index >= 15 is 0 Å². The minimum Gasteiger partial charge on any atom is -0.361 e. The summed E-state index contributed by atoms with van der Waals surface area (Å²) in [5.74, 6) is -0.318. The number of carbonyl (C=O) groups is 2. The first-order valence-electron chi connectivity index (χ1n) is 8.92. The molecule has 1 atom stereocenters. The molecule has 25 heavy (non-hydrogen) atoms. The van der Waals surface area contributed by atoms with Crippen LogP contribution in [0.25, 0.3) is 0 Å². The Hall–Kier alpha value is -1.95. The van der Waals surface area contributed by atoms with Crippen molar-refractivity contribution < 1.29 is 18.7 Å². The fraction of sp³-hybridized carbons (Fsp3) is 0.579. The van der Waals surface area contributed by atoms with Gasteiger partial charge in [-0.05, 0) is 43.4 Å². The van der Waals surface area contributed by atoms with Gasteiger partial charge in [-0.2, -0.15) is 0 Å². The van der Waals surface area contributed by atoms with Gasteiger partial charge in [0, 0.05) is 26.6 Å². The van der Waals surface area contributed by atoms with Crippen molar-refractivity contribution in [2.75, 3.05) is 33.3 Å². The second-order valence-corrected chi connectivity index (χ2v) is 6.97. The molecule has 1 aromatic rings. The molecule has 0 radical (unpaired) electrons. The topological polar surface area (TPSA) is 49.9 Å². The summed E-state index contributed by atoms with van der Waals surface area (Å²) >= 11 is 0. The second-order valence-electron chi connectivity index (χ2n) is 6.97. The average Bonchev–Trinajstić information content (AvgIpc) is 2.74. The van der Waals surface area contributed by atoms with Crippen LogP contribution in [0.15, 0.2) is 24.3 Å². The van der Waals surface area contributed by atoms with Crippen LogP contribution in [0.3, 0.4) is 0 Å². The zero-order chi connectivity index (χ0) is 17.9. The third-order valence-electron chi connectivity index (χ3n) is 5.12. The molecule has 2 fully saturated rings. The average molecular weight is 348 g/mol. The molecule has 2 heterocycles. The number of aryl methyl sites for hydroxylation is 1. The number of likely N-dealkylation sites (N-methyl/N-ethyl adjacent to an activating group) is 1. The first kappa shape index (κ1) is 17.9. The molecule has 136 valence electrons. The predicted molar refractivity (Wildman–Crippen MR) is 91.5 cm³/mol. The lowest BCUT2D eigenvalue weighted by Gasteiger charge is -2.42. The molecule has 2 aliphatic rings. The van der Waals surface area contributed by atoms with Gasteiger partial charge >= 0.3 is 0 Å². The number of carbonyl (C=O) groups excluding carboxylic acids is 2. The largest absolute Gasteiger partial charge is 0.361 e. The Bertz CT molecular complexity index is 651. The molecule has 6 heteroatoms. The van der Waals surface area contributed by atoms with Crippen LogP contribution in [0.1, 0.15) is 31.2 Å². The summed E-state index contributed by atoms with van der Waals surface area (Å²) in [6.45, 7) is 1.93. The van der Waals surface area contributed by atoms with Gasteiger partial charge in [-0.15, -0.1) is 0 Å². The number of morpholine rings is 1. The Morgan fingerprint density at radius 3 is 2.96 bits per heavy atom. The minimum absolute atomic E-state index is 0.00774. The summed E-state index contributed by atoms with van der Waals surface area (Å²) in [6.07, 6.45) is 3.34. The van der Waals surface area contributed by atoms with Gasteiger partial charge in [-0.3, -0.25) is 9.59 Å². The molecule has 0 aromatic heterocycles. The van der Waals surface area contributed by atoms with Gasteiger partial charge in [0.1, 0.15) is 5.82 Å². The van der Waals surface area contributed by atoms with E-state index in [1.165, 1.54) is 12.1 Å². The smallest absolute Gasteiger partial charge is 0.256 e. The van der Waals surface area contributed by atoms with Gasteiger partial charge in [0.15, 0.2) is 5.60 Å². The standard InChI is InChI=1S/C19H25FN2O3/c1-21-10-3-2-9-19(18(21)24)14-22(11-12-25-19)17(23)8-7-15-5-4-6-16(20)13-15/h4-6,13H,2-3,7-12,14H2,1H3. The second kappa shape index (κ2) is 7.52. The van der Waals surface area contributed by atoms with E-state index in [4.69, 9.17) is 4.74 Å². The van der Waals surface area contributed by atoms with Crippen molar-refractivity contribution in [3.8, 4) is 0 Å². The van der Waals surface area contributed by atoms with Crippen molar-refractivity contribution in [1.29, 1.82) is 0 Å². The molecule has 3 rings (SSSR count). The number of amides is 2. The van der Waals surface area contributed by atoms with Crippen molar-refractivity contribution in [1.82, 2.24) is 9.80 Å². The molecule has 1 unspecified atom stereocenters. The maximum absolute atomic E-state index is 13.2. The summed E-state index contributed by atoms with van der Waals surface area (Å²) in [4.78, 5) is 28.8. The Morgan fingerprint density at radius 2 is 2.16 bits per heavy atom. The molecular weight excluding hydrogens is 323 g/mol. The molecule has 2 amide bonds. The van der Waals surface area contributed by atoms with Gasteiger partial charge in [0.05, 0.1) is 13.2 Å². The molecule has 2 aliphatic heterocycles. The number of rotatable bonds is 3. The van der Waals surface area contributed by atoms with Crippen LogP contribution in [0.5, 0.6) is 0 Å². The first-order valence-corrected chi connectivity index (χ1v) is 8.92. The molecule has 0 saturated carbocycles. The molecule has 2 saturated heterocycles. The number of nitrogens with zero attached hydrogens (tertiary/aromatic N) is 2. The molecule has 1 spiro atoms. The normalized spacial score (nSPS) is 24.5. The van der Waals surface area contributed by atoms with Crippen molar-refractivity contribution in [2.45, 2.75) is 37.7 Å². The zero-order valence-electron chi connectivity index (χ0n) is 14.7. The molecule has 0 N–H and O–H groups in total. The number of hydrogen-bond donors (Lipinski definition) is 0. The van der Waals surface area contributed by atoms with E-state index in [0.717, 1.165) is 24.9 Å². The number of halogens is 1. The van der Waals surface area contributed by atoms with Crippen LogP contribution in [0.2, 0.25) is 0 Å². The fourth-order valence-corrected chi connectivity index (χ4v) is 3.70. The lowest BCUT2D eigenvalue weighted by atomic mass is 9.94. The van der Waals surface area contributed by atoms with Gasteiger partial charge in [0.2, 0.25) is 5.91 Å². The van der Waals surface area contributed by atoms with E-state index in [1.807, 2.05) is 6.07 Å². The highest BCUT2D eigenvalue weighted by atomic mass is 19.1.